The van der Waals surface area contributed by atoms with Crippen LogP contribution in [0.2, 0.25) is 0 Å². The molecule has 0 aliphatic carbocycles. The number of carbonyl (C=O) groups is 1. The molecule has 19 heavy (non-hydrogen) atoms. The predicted octanol–water partition coefficient (Wildman–Crippen LogP) is 1.59. The van der Waals surface area contributed by atoms with Gasteiger partial charge < -0.3 is 9.72 Å². The van der Waals surface area contributed by atoms with Gasteiger partial charge in [0.15, 0.2) is 0 Å². The lowest BCUT2D eigenvalue weighted by molar-refractivity contribution is 0.0595. The van der Waals surface area contributed by atoms with Crippen molar-refractivity contribution in [2.24, 2.45) is 0 Å². The van der Waals surface area contributed by atoms with Crippen molar-refractivity contribution in [1.29, 1.82) is 0 Å². The van der Waals surface area contributed by atoms with E-state index in [-0.39, 0.29) is 5.97 Å². The van der Waals surface area contributed by atoms with Crippen LogP contribution in [0.25, 0.3) is 10.9 Å². The van der Waals surface area contributed by atoms with Gasteiger partial charge in [0.05, 0.1) is 13.7 Å². The van der Waals surface area contributed by atoms with Crippen molar-refractivity contribution in [3.63, 3.8) is 0 Å². The molecule has 0 fully saturated rings. The minimum absolute atomic E-state index is 0.367. The molecule has 1 N–H and O–H groups in total. The maximum atomic E-state index is 11.4. The van der Waals surface area contributed by atoms with Crippen LogP contribution in [-0.2, 0) is 11.3 Å². The lowest BCUT2D eigenvalue weighted by Gasteiger charge is -2.00. The molecule has 0 amide bonds. The third-order valence-corrected chi connectivity index (χ3v) is 2.90. The molecule has 0 radical (unpaired) electrons. The molecule has 0 aliphatic rings. The number of methoxy groups -OCH3 is 1. The molecule has 96 valence electrons. The summed E-state index contributed by atoms with van der Waals surface area (Å²) in [7, 11) is 1.37. The van der Waals surface area contributed by atoms with Crippen LogP contribution in [0, 0.1) is 0 Å². The largest absolute Gasteiger partial charge is 0.464 e. The van der Waals surface area contributed by atoms with Gasteiger partial charge in [-0.1, -0.05) is 6.07 Å². The zero-order chi connectivity index (χ0) is 13.2. The second-order valence-electron chi connectivity index (χ2n) is 4.19. The normalized spacial score (nSPS) is 10.8. The minimum Gasteiger partial charge on any atom is -0.464 e. The summed E-state index contributed by atoms with van der Waals surface area (Å²) in [6, 6.07) is 7.72. The number of aromatic nitrogens is 4. The molecule has 3 rings (SSSR count). The summed E-state index contributed by atoms with van der Waals surface area (Å²) in [6.07, 6.45) is 3.17. The number of carbonyl (C=O) groups excluding carboxylic acids is 1. The summed E-state index contributed by atoms with van der Waals surface area (Å²) in [5.41, 5.74) is 2.45. The van der Waals surface area contributed by atoms with Crippen molar-refractivity contribution in [2.75, 3.05) is 7.11 Å². The van der Waals surface area contributed by atoms with Crippen molar-refractivity contribution < 1.29 is 9.53 Å². The molecule has 0 aliphatic heterocycles. The number of nitrogens with zero attached hydrogens (tertiary/aromatic N) is 3. The van der Waals surface area contributed by atoms with Crippen molar-refractivity contribution in [2.45, 2.75) is 6.54 Å². The van der Waals surface area contributed by atoms with Crippen LogP contribution < -0.4 is 0 Å². The van der Waals surface area contributed by atoms with E-state index >= 15 is 0 Å². The Hall–Kier alpha value is -2.63. The topological polar surface area (TPSA) is 72.8 Å². The Balaban J connectivity index is 1.94. The first-order valence-electron chi connectivity index (χ1n) is 5.78. The van der Waals surface area contributed by atoms with Gasteiger partial charge in [-0.05, 0) is 23.8 Å². The van der Waals surface area contributed by atoms with E-state index in [4.69, 9.17) is 0 Å². The SMILES string of the molecule is COC(=O)c1cc2cc(Cn3cncn3)ccc2[nH]1. The van der Waals surface area contributed by atoms with Gasteiger partial charge in [0.2, 0.25) is 0 Å². The first-order chi connectivity index (χ1) is 9.26. The lowest BCUT2D eigenvalue weighted by atomic mass is 10.1. The fourth-order valence-corrected chi connectivity index (χ4v) is 2.00. The molecule has 0 bridgehead atoms. The van der Waals surface area contributed by atoms with Gasteiger partial charge >= 0.3 is 5.97 Å². The number of rotatable bonds is 3. The van der Waals surface area contributed by atoms with Gasteiger partial charge in [-0.25, -0.2) is 14.5 Å². The van der Waals surface area contributed by atoms with Gasteiger partial charge in [-0.15, -0.1) is 0 Å². The number of hydrogen-bond acceptors (Lipinski definition) is 4. The Morgan fingerprint density at radius 1 is 1.42 bits per heavy atom. The summed E-state index contributed by atoms with van der Waals surface area (Å²) >= 11 is 0. The molecule has 6 heteroatoms. The lowest BCUT2D eigenvalue weighted by Crippen LogP contribution is -2.00. The molecule has 2 heterocycles. The van der Waals surface area contributed by atoms with E-state index in [1.54, 1.807) is 17.1 Å². The van der Waals surface area contributed by atoms with E-state index < -0.39 is 0 Å². The van der Waals surface area contributed by atoms with E-state index in [9.17, 15) is 4.79 Å². The van der Waals surface area contributed by atoms with E-state index in [1.807, 2.05) is 18.2 Å². The monoisotopic (exact) mass is 256 g/mol. The number of benzene rings is 1. The summed E-state index contributed by atoms with van der Waals surface area (Å²) in [5, 5.41) is 5.03. The highest BCUT2D eigenvalue weighted by Crippen LogP contribution is 2.18. The average Bonchev–Trinajstić information content (AvgIpc) is 3.06. The molecular weight excluding hydrogens is 244 g/mol. The third-order valence-electron chi connectivity index (χ3n) is 2.90. The molecule has 1 aromatic carbocycles. The molecule has 2 aromatic heterocycles. The summed E-state index contributed by atoms with van der Waals surface area (Å²) in [4.78, 5) is 18.4. The Morgan fingerprint density at radius 2 is 2.32 bits per heavy atom. The molecule has 0 unspecified atom stereocenters. The fourth-order valence-electron chi connectivity index (χ4n) is 2.00. The van der Waals surface area contributed by atoms with Gasteiger partial charge in [0, 0.05) is 10.9 Å². The maximum absolute atomic E-state index is 11.4. The van der Waals surface area contributed by atoms with E-state index in [0.29, 0.717) is 12.2 Å². The summed E-state index contributed by atoms with van der Waals surface area (Å²) in [5.74, 6) is -0.367. The quantitative estimate of drug-likeness (QED) is 0.722. The smallest absolute Gasteiger partial charge is 0.354 e. The standard InChI is InChI=1S/C13H12N4O2/c1-19-13(18)12-5-10-4-9(2-3-11(10)16-12)6-17-8-14-7-15-17/h2-5,7-8,16H,6H2,1H3. The second kappa shape index (κ2) is 4.56. The summed E-state index contributed by atoms with van der Waals surface area (Å²) in [6.45, 7) is 0.647. The van der Waals surface area contributed by atoms with Crippen molar-refractivity contribution >= 4 is 16.9 Å². The first kappa shape index (κ1) is 11.5. The van der Waals surface area contributed by atoms with Gasteiger partial charge in [0.1, 0.15) is 18.3 Å². The Kier molecular flexibility index (Phi) is 2.75. The first-order valence-corrected chi connectivity index (χ1v) is 5.78. The van der Waals surface area contributed by atoms with Crippen LogP contribution in [0.4, 0.5) is 0 Å². The number of H-pyrrole nitrogens is 1. The van der Waals surface area contributed by atoms with Crippen molar-refractivity contribution in [3.05, 3.63) is 48.2 Å². The average molecular weight is 256 g/mol. The molecule has 3 aromatic rings. The highest BCUT2D eigenvalue weighted by Gasteiger charge is 2.09. The highest BCUT2D eigenvalue weighted by molar-refractivity contribution is 5.94. The van der Waals surface area contributed by atoms with Crippen molar-refractivity contribution in [3.8, 4) is 0 Å². The summed E-state index contributed by atoms with van der Waals surface area (Å²) < 4.78 is 6.43. The fraction of sp³-hybridized carbons (Fsp3) is 0.154. The Bertz CT molecular complexity index is 715. The number of fused-ring (bicyclic) bond motifs is 1. The number of ether oxygens (including phenoxy) is 1. The van der Waals surface area contributed by atoms with Gasteiger partial charge in [-0.3, -0.25) is 0 Å². The van der Waals surface area contributed by atoms with Gasteiger partial charge in [0.25, 0.3) is 0 Å². The van der Waals surface area contributed by atoms with E-state index in [1.165, 1.54) is 13.4 Å². The zero-order valence-electron chi connectivity index (χ0n) is 10.3. The Labute approximate surface area is 109 Å². The van der Waals surface area contributed by atoms with Gasteiger partial charge in [-0.2, -0.15) is 5.10 Å². The van der Waals surface area contributed by atoms with Crippen LogP contribution in [0.1, 0.15) is 16.1 Å². The minimum atomic E-state index is -0.367. The zero-order valence-corrected chi connectivity index (χ0v) is 10.3. The molecule has 0 saturated heterocycles. The number of aromatic amines is 1. The Morgan fingerprint density at radius 3 is 3.05 bits per heavy atom. The van der Waals surface area contributed by atoms with Crippen LogP contribution in [0.15, 0.2) is 36.9 Å². The highest BCUT2D eigenvalue weighted by atomic mass is 16.5. The number of esters is 1. The molecular formula is C13H12N4O2. The second-order valence-corrected chi connectivity index (χ2v) is 4.19. The maximum Gasteiger partial charge on any atom is 0.354 e. The van der Waals surface area contributed by atoms with Crippen molar-refractivity contribution in [1.82, 2.24) is 19.7 Å². The van der Waals surface area contributed by atoms with Crippen LogP contribution in [0.3, 0.4) is 0 Å². The third kappa shape index (κ3) is 2.20. The molecule has 0 saturated carbocycles. The number of hydrogen-bond donors (Lipinski definition) is 1. The van der Waals surface area contributed by atoms with E-state index in [2.05, 4.69) is 19.8 Å². The van der Waals surface area contributed by atoms with Crippen LogP contribution in [-0.4, -0.2) is 32.8 Å². The number of nitrogens with one attached hydrogen (secondary N) is 1. The molecule has 6 nitrogen and oxygen atoms in total. The van der Waals surface area contributed by atoms with Crippen LogP contribution >= 0.6 is 0 Å². The molecule has 0 atom stereocenters. The van der Waals surface area contributed by atoms with Crippen LogP contribution in [0.5, 0.6) is 0 Å². The predicted molar refractivity (Wildman–Crippen MR) is 68.8 cm³/mol. The molecule has 0 spiro atoms. The van der Waals surface area contributed by atoms with E-state index in [0.717, 1.165) is 16.5 Å².